The van der Waals surface area contributed by atoms with Crippen LogP contribution in [0.25, 0.3) is 6.08 Å². The first-order chi connectivity index (χ1) is 12.3. The molecule has 0 aliphatic carbocycles. The Morgan fingerprint density at radius 1 is 1.12 bits per heavy atom. The number of hydrogen-bond acceptors (Lipinski definition) is 5. The van der Waals surface area contributed by atoms with Crippen molar-refractivity contribution in [1.82, 2.24) is 5.32 Å². The number of rotatable bonds is 6. The van der Waals surface area contributed by atoms with Gasteiger partial charge in [0.05, 0.1) is 12.0 Å². The monoisotopic (exact) mass is 351 g/mol. The van der Waals surface area contributed by atoms with Crippen molar-refractivity contribution in [2.45, 2.75) is 0 Å². The van der Waals surface area contributed by atoms with Gasteiger partial charge in [-0.2, -0.15) is 5.10 Å². The van der Waals surface area contributed by atoms with E-state index in [1.54, 1.807) is 6.21 Å². The number of amidine groups is 1. The summed E-state index contributed by atoms with van der Waals surface area (Å²) in [5.74, 6) is 1.12. The third kappa shape index (κ3) is 5.61. The largest absolute Gasteiger partial charge is 0.490 e. The molecule has 0 radical (unpaired) electrons. The van der Waals surface area contributed by atoms with Crippen LogP contribution in [0.2, 0.25) is 0 Å². The molecule has 0 saturated carbocycles. The van der Waals surface area contributed by atoms with Crippen LogP contribution in [0.5, 0.6) is 5.75 Å². The maximum absolute atomic E-state index is 11.1. The maximum atomic E-state index is 11.1. The highest BCUT2D eigenvalue weighted by Gasteiger charge is 2.15. The summed E-state index contributed by atoms with van der Waals surface area (Å²) in [5.41, 5.74) is 2.02. The first kappa shape index (κ1) is 17.0. The molecule has 0 aromatic heterocycles. The van der Waals surface area contributed by atoms with Gasteiger partial charge >= 0.3 is 0 Å². The second-order valence-corrected chi connectivity index (χ2v) is 6.15. The summed E-state index contributed by atoms with van der Waals surface area (Å²) in [6.07, 6.45) is 5.63. The fourth-order valence-electron chi connectivity index (χ4n) is 2.10. The van der Waals surface area contributed by atoms with Crippen molar-refractivity contribution in [3.8, 4) is 5.75 Å². The number of carbonyl (C=O) groups excluding carboxylic acids is 1. The van der Waals surface area contributed by atoms with E-state index in [1.807, 2.05) is 66.7 Å². The molecule has 6 heteroatoms. The zero-order valence-electron chi connectivity index (χ0n) is 13.5. The standard InChI is InChI=1S/C19H17N3O2S/c23-18-14-25-19(21-18)22-20-13-16-8-4-10-17(12-16)24-11-5-9-15-6-2-1-3-7-15/h1-10,12-13H,11,14H2,(H,21,22,23). The lowest BCUT2D eigenvalue weighted by Crippen LogP contribution is -2.19. The molecular weight excluding hydrogens is 334 g/mol. The average molecular weight is 351 g/mol. The third-order valence-corrected chi connectivity index (χ3v) is 4.12. The van der Waals surface area contributed by atoms with E-state index in [0.29, 0.717) is 17.5 Å². The topological polar surface area (TPSA) is 63.0 Å². The van der Waals surface area contributed by atoms with E-state index in [2.05, 4.69) is 15.5 Å². The van der Waals surface area contributed by atoms with Crippen molar-refractivity contribution in [3.63, 3.8) is 0 Å². The van der Waals surface area contributed by atoms with Crippen LogP contribution in [-0.4, -0.2) is 29.6 Å². The molecule has 25 heavy (non-hydrogen) atoms. The van der Waals surface area contributed by atoms with Crippen LogP contribution < -0.4 is 10.1 Å². The van der Waals surface area contributed by atoms with Gasteiger partial charge in [-0.25, -0.2) is 0 Å². The number of ether oxygens (including phenoxy) is 1. The second kappa shape index (κ2) is 8.84. The smallest absolute Gasteiger partial charge is 0.236 e. The molecule has 1 heterocycles. The van der Waals surface area contributed by atoms with E-state index < -0.39 is 0 Å². The lowest BCUT2D eigenvalue weighted by Gasteiger charge is -2.03. The van der Waals surface area contributed by atoms with E-state index in [1.165, 1.54) is 11.8 Å². The molecule has 1 amide bonds. The van der Waals surface area contributed by atoms with Crippen LogP contribution in [0, 0.1) is 0 Å². The van der Waals surface area contributed by atoms with Gasteiger partial charge in [-0.3, -0.25) is 4.79 Å². The predicted octanol–water partition coefficient (Wildman–Crippen LogP) is 3.33. The molecule has 1 fully saturated rings. The van der Waals surface area contributed by atoms with Crippen LogP contribution in [0.3, 0.4) is 0 Å². The van der Waals surface area contributed by atoms with Gasteiger partial charge < -0.3 is 10.1 Å². The van der Waals surface area contributed by atoms with Gasteiger partial charge in [0.25, 0.3) is 0 Å². The van der Waals surface area contributed by atoms with Crippen molar-refractivity contribution in [3.05, 3.63) is 71.8 Å². The van der Waals surface area contributed by atoms with Gasteiger partial charge in [-0.05, 0) is 29.3 Å². The Bertz CT molecular complexity index is 816. The summed E-state index contributed by atoms with van der Waals surface area (Å²) < 4.78 is 5.72. The molecule has 126 valence electrons. The highest BCUT2D eigenvalue weighted by atomic mass is 32.2. The number of carbonyl (C=O) groups is 1. The van der Waals surface area contributed by atoms with Gasteiger partial charge in [0.2, 0.25) is 5.91 Å². The van der Waals surface area contributed by atoms with Gasteiger partial charge in [0, 0.05) is 0 Å². The third-order valence-electron chi connectivity index (χ3n) is 3.26. The molecule has 5 nitrogen and oxygen atoms in total. The van der Waals surface area contributed by atoms with E-state index in [0.717, 1.165) is 16.9 Å². The van der Waals surface area contributed by atoms with Crippen LogP contribution in [-0.2, 0) is 4.79 Å². The number of nitrogens with one attached hydrogen (secondary N) is 1. The number of amides is 1. The highest BCUT2D eigenvalue weighted by Crippen LogP contribution is 2.13. The zero-order valence-corrected chi connectivity index (χ0v) is 14.3. The summed E-state index contributed by atoms with van der Waals surface area (Å²) in [6, 6.07) is 17.7. The molecule has 1 aliphatic heterocycles. The first-order valence-corrected chi connectivity index (χ1v) is 8.76. The number of nitrogens with zero attached hydrogens (tertiary/aromatic N) is 2. The molecule has 0 spiro atoms. The molecule has 3 rings (SSSR count). The van der Waals surface area contributed by atoms with Crippen molar-refractivity contribution < 1.29 is 9.53 Å². The Balaban J connectivity index is 1.52. The van der Waals surface area contributed by atoms with E-state index >= 15 is 0 Å². The Morgan fingerprint density at radius 2 is 1.96 bits per heavy atom. The first-order valence-electron chi connectivity index (χ1n) is 7.78. The summed E-state index contributed by atoms with van der Waals surface area (Å²) in [7, 11) is 0. The molecule has 1 N–H and O–H groups in total. The minimum Gasteiger partial charge on any atom is -0.490 e. The van der Waals surface area contributed by atoms with Crippen molar-refractivity contribution in [2.24, 2.45) is 10.2 Å². The minimum absolute atomic E-state index is 0.0436. The lowest BCUT2D eigenvalue weighted by molar-refractivity contribution is -0.116. The molecule has 2 aromatic carbocycles. The Labute approximate surface area is 150 Å². The van der Waals surface area contributed by atoms with Crippen molar-refractivity contribution in [2.75, 3.05) is 12.4 Å². The molecule has 0 atom stereocenters. The fraction of sp³-hybridized carbons (Fsp3) is 0.105. The molecule has 0 bridgehead atoms. The number of thioether (sulfide) groups is 1. The molecular formula is C19H17N3O2S. The van der Waals surface area contributed by atoms with Crippen LogP contribution in [0.4, 0.5) is 0 Å². The van der Waals surface area contributed by atoms with Gasteiger partial charge in [-0.15, -0.1) is 5.10 Å². The maximum Gasteiger partial charge on any atom is 0.236 e. The van der Waals surface area contributed by atoms with E-state index in [4.69, 9.17) is 4.74 Å². The van der Waals surface area contributed by atoms with E-state index in [-0.39, 0.29) is 5.91 Å². The molecule has 2 aromatic rings. The van der Waals surface area contributed by atoms with Crippen molar-refractivity contribution >= 4 is 35.1 Å². The van der Waals surface area contributed by atoms with E-state index in [9.17, 15) is 4.79 Å². The highest BCUT2D eigenvalue weighted by molar-refractivity contribution is 8.15. The molecule has 0 unspecified atom stereocenters. The van der Waals surface area contributed by atoms with Gasteiger partial charge in [0.1, 0.15) is 12.4 Å². The SMILES string of the molecule is O=C1CSC(=NN=Cc2cccc(OCC=Cc3ccccc3)c2)N1. The zero-order chi connectivity index (χ0) is 17.3. The summed E-state index contributed by atoms with van der Waals surface area (Å²) in [6.45, 7) is 0.487. The predicted molar refractivity (Wildman–Crippen MR) is 103 cm³/mol. The molecule has 1 aliphatic rings. The fourth-order valence-corrected chi connectivity index (χ4v) is 2.74. The summed E-state index contributed by atoms with van der Waals surface area (Å²) in [4.78, 5) is 11.1. The molecule has 1 saturated heterocycles. The normalized spacial score (nSPS) is 16.0. The number of benzene rings is 2. The number of hydrogen-bond donors (Lipinski definition) is 1. The Hall–Kier alpha value is -2.86. The summed E-state index contributed by atoms with van der Waals surface area (Å²) in [5, 5.41) is 11.1. The van der Waals surface area contributed by atoms with Crippen LogP contribution >= 0.6 is 11.8 Å². The van der Waals surface area contributed by atoms with Crippen LogP contribution in [0.1, 0.15) is 11.1 Å². The van der Waals surface area contributed by atoms with Gasteiger partial charge in [-0.1, -0.05) is 60.3 Å². The Morgan fingerprint density at radius 3 is 2.76 bits per heavy atom. The second-order valence-electron chi connectivity index (χ2n) is 5.18. The quantitative estimate of drug-likeness (QED) is 0.641. The van der Waals surface area contributed by atoms with Crippen molar-refractivity contribution in [1.29, 1.82) is 0 Å². The summed E-state index contributed by atoms with van der Waals surface area (Å²) >= 11 is 1.34. The average Bonchev–Trinajstić information content (AvgIpc) is 3.05. The van der Waals surface area contributed by atoms with Gasteiger partial charge in [0.15, 0.2) is 5.17 Å². The van der Waals surface area contributed by atoms with Crippen LogP contribution in [0.15, 0.2) is 70.9 Å². The Kier molecular flexibility index (Phi) is 6.01. The minimum atomic E-state index is -0.0436. The lowest BCUT2D eigenvalue weighted by atomic mass is 10.2.